The summed E-state index contributed by atoms with van der Waals surface area (Å²) >= 11 is 13.3. The summed E-state index contributed by atoms with van der Waals surface area (Å²) in [7, 11) is 1.63. The Morgan fingerprint density at radius 2 is 1.47 bits per heavy atom. The fraction of sp³-hybridized carbons (Fsp3) is 0.138. The van der Waals surface area contributed by atoms with E-state index < -0.39 is 0 Å². The van der Waals surface area contributed by atoms with E-state index in [0.717, 1.165) is 22.6 Å². The topological polar surface area (TPSA) is 48.0 Å². The first-order valence-corrected chi connectivity index (χ1v) is 12.1. The average molecular weight is 522 g/mol. The van der Waals surface area contributed by atoms with Gasteiger partial charge in [0.1, 0.15) is 18.0 Å². The summed E-state index contributed by atoms with van der Waals surface area (Å²) in [5.74, 6) is 1.23. The number of esters is 1. The number of halogens is 2. The van der Waals surface area contributed by atoms with Crippen LogP contribution in [0, 0.1) is 0 Å². The molecule has 0 N–H and O–H groups in total. The van der Waals surface area contributed by atoms with Crippen LogP contribution >= 0.6 is 23.2 Å². The molecule has 7 heteroatoms. The zero-order valence-corrected chi connectivity index (χ0v) is 21.4. The molecule has 4 aromatic rings. The lowest BCUT2D eigenvalue weighted by atomic mass is 10.0. The van der Waals surface area contributed by atoms with E-state index in [9.17, 15) is 4.79 Å². The molecule has 4 rings (SSSR count). The predicted octanol–water partition coefficient (Wildman–Crippen LogP) is 8.16. The summed E-state index contributed by atoms with van der Waals surface area (Å²) in [6.45, 7) is 2.07. The third kappa shape index (κ3) is 5.93. The molecule has 36 heavy (non-hydrogen) atoms. The number of anilines is 2. The molecule has 0 fully saturated rings. The number of carbonyl (C=O) groups excluding carboxylic acids is 1. The van der Waals surface area contributed by atoms with Crippen molar-refractivity contribution in [1.82, 2.24) is 0 Å². The van der Waals surface area contributed by atoms with E-state index in [4.69, 9.17) is 37.4 Å². The van der Waals surface area contributed by atoms with E-state index in [1.165, 1.54) is 0 Å². The monoisotopic (exact) mass is 521 g/mol. The molecule has 0 aliphatic heterocycles. The average Bonchev–Trinajstić information content (AvgIpc) is 2.90. The highest BCUT2D eigenvalue weighted by Crippen LogP contribution is 2.42. The number of para-hydroxylation sites is 1. The summed E-state index contributed by atoms with van der Waals surface area (Å²) in [5.41, 5.74) is 3.30. The van der Waals surface area contributed by atoms with Crippen molar-refractivity contribution >= 4 is 40.5 Å². The summed E-state index contributed by atoms with van der Waals surface area (Å²) in [6, 6.07) is 28.3. The van der Waals surface area contributed by atoms with Crippen molar-refractivity contribution in [2.75, 3.05) is 25.2 Å². The van der Waals surface area contributed by atoms with Crippen LogP contribution in [-0.2, 0) is 9.53 Å². The van der Waals surface area contributed by atoms with Gasteiger partial charge in [0.05, 0.1) is 23.8 Å². The molecule has 0 aromatic heterocycles. The second-order valence-electron chi connectivity index (χ2n) is 7.80. The normalized spacial score (nSPS) is 10.6. The Morgan fingerprint density at radius 1 is 0.833 bits per heavy atom. The van der Waals surface area contributed by atoms with Crippen molar-refractivity contribution in [2.24, 2.45) is 0 Å². The molecule has 0 heterocycles. The van der Waals surface area contributed by atoms with Gasteiger partial charge in [-0.15, -0.1) is 0 Å². The van der Waals surface area contributed by atoms with E-state index >= 15 is 0 Å². The number of carbonyl (C=O) groups is 1. The number of nitrogens with zero attached hydrogens (tertiary/aromatic N) is 1. The van der Waals surface area contributed by atoms with Crippen LogP contribution in [0.1, 0.15) is 6.92 Å². The Hall–Kier alpha value is -3.67. The van der Waals surface area contributed by atoms with Gasteiger partial charge in [0.25, 0.3) is 0 Å². The smallest absolute Gasteiger partial charge is 0.325 e. The van der Waals surface area contributed by atoms with Crippen LogP contribution in [0.2, 0.25) is 10.0 Å². The van der Waals surface area contributed by atoms with Gasteiger partial charge < -0.3 is 19.1 Å². The molecule has 0 aliphatic rings. The molecule has 5 nitrogen and oxygen atoms in total. The highest BCUT2D eigenvalue weighted by atomic mass is 35.5. The van der Waals surface area contributed by atoms with Gasteiger partial charge in [-0.1, -0.05) is 71.7 Å². The Balaban J connectivity index is 1.67. The van der Waals surface area contributed by atoms with Crippen LogP contribution in [0.5, 0.6) is 17.2 Å². The van der Waals surface area contributed by atoms with Crippen molar-refractivity contribution in [3.05, 3.63) is 101 Å². The minimum atomic E-state index is -0.361. The Bertz CT molecular complexity index is 1310. The summed E-state index contributed by atoms with van der Waals surface area (Å²) in [5, 5.41) is 0.610. The highest BCUT2D eigenvalue weighted by Gasteiger charge is 2.19. The number of rotatable bonds is 9. The van der Waals surface area contributed by atoms with Crippen molar-refractivity contribution in [2.45, 2.75) is 6.92 Å². The first kappa shape index (κ1) is 25.4. The van der Waals surface area contributed by atoms with Crippen LogP contribution < -0.4 is 14.4 Å². The summed E-state index contributed by atoms with van der Waals surface area (Å²) in [6.07, 6.45) is 0. The van der Waals surface area contributed by atoms with E-state index in [0.29, 0.717) is 33.8 Å². The van der Waals surface area contributed by atoms with Gasteiger partial charge in [-0.3, -0.25) is 4.79 Å². The maximum atomic E-state index is 12.3. The Morgan fingerprint density at radius 3 is 2.08 bits per heavy atom. The molecule has 184 valence electrons. The third-order valence-corrected chi connectivity index (χ3v) is 5.99. The van der Waals surface area contributed by atoms with E-state index in [1.54, 1.807) is 37.1 Å². The number of hydrogen-bond acceptors (Lipinski definition) is 5. The van der Waals surface area contributed by atoms with Gasteiger partial charge in [0, 0.05) is 16.9 Å². The number of ether oxygens (including phenoxy) is 3. The predicted molar refractivity (Wildman–Crippen MR) is 145 cm³/mol. The molecule has 0 spiro atoms. The first-order valence-electron chi connectivity index (χ1n) is 11.4. The molecule has 0 saturated heterocycles. The quantitative estimate of drug-likeness (QED) is 0.208. The van der Waals surface area contributed by atoms with Gasteiger partial charge >= 0.3 is 5.97 Å². The molecule has 0 bridgehead atoms. The van der Waals surface area contributed by atoms with Crippen LogP contribution in [0.15, 0.2) is 91.0 Å². The highest BCUT2D eigenvalue weighted by molar-refractivity contribution is 6.37. The second kappa shape index (κ2) is 11.8. The van der Waals surface area contributed by atoms with Gasteiger partial charge in [-0.05, 0) is 55.0 Å². The molecule has 0 aliphatic carbocycles. The van der Waals surface area contributed by atoms with Gasteiger partial charge in [0.2, 0.25) is 0 Å². The van der Waals surface area contributed by atoms with Gasteiger partial charge in [0.15, 0.2) is 5.75 Å². The van der Waals surface area contributed by atoms with E-state index in [1.807, 2.05) is 72.8 Å². The molecular formula is C29H25Cl2NO4. The van der Waals surface area contributed by atoms with Crippen LogP contribution in [0.4, 0.5) is 11.4 Å². The first-order chi connectivity index (χ1) is 17.5. The number of methoxy groups -OCH3 is 1. The fourth-order valence-corrected chi connectivity index (χ4v) is 4.34. The maximum absolute atomic E-state index is 12.3. The molecule has 0 atom stereocenters. The fourth-order valence-electron chi connectivity index (χ4n) is 3.79. The molecule has 0 amide bonds. The molecule has 0 radical (unpaired) electrons. The standard InChI is InChI=1S/C29H25Cl2NO4/c1-3-35-28(33)19-32(21-12-8-5-9-13-21)22-16-25(30)29(26(31)17-22)36-23-14-15-27(34-2)24(18-23)20-10-6-4-7-11-20/h4-18H,3,19H2,1-2H3. The molecule has 4 aromatic carbocycles. The Kier molecular flexibility index (Phi) is 8.36. The number of benzene rings is 4. The zero-order chi connectivity index (χ0) is 25.5. The van der Waals surface area contributed by atoms with Crippen molar-refractivity contribution in [3.8, 4) is 28.4 Å². The summed E-state index contributed by atoms with van der Waals surface area (Å²) in [4.78, 5) is 14.1. The lowest BCUT2D eigenvalue weighted by molar-refractivity contribution is -0.141. The molecule has 0 saturated carbocycles. The SMILES string of the molecule is CCOC(=O)CN(c1ccccc1)c1cc(Cl)c(Oc2ccc(OC)c(-c3ccccc3)c2)c(Cl)c1. The zero-order valence-electron chi connectivity index (χ0n) is 19.9. The largest absolute Gasteiger partial charge is 0.496 e. The van der Waals surface area contributed by atoms with Crippen LogP contribution in [0.25, 0.3) is 11.1 Å². The van der Waals surface area contributed by atoms with Crippen LogP contribution in [-0.4, -0.2) is 26.2 Å². The molecular weight excluding hydrogens is 497 g/mol. The molecule has 0 unspecified atom stereocenters. The van der Waals surface area contributed by atoms with E-state index in [-0.39, 0.29) is 12.5 Å². The van der Waals surface area contributed by atoms with Crippen molar-refractivity contribution < 1.29 is 19.0 Å². The second-order valence-corrected chi connectivity index (χ2v) is 8.61. The lowest BCUT2D eigenvalue weighted by Crippen LogP contribution is -2.26. The minimum absolute atomic E-state index is 0.00360. The van der Waals surface area contributed by atoms with Crippen LogP contribution in [0.3, 0.4) is 0 Å². The van der Waals surface area contributed by atoms with E-state index in [2.05, 4.69) is 0 Å². The lowest BCUT2D eigenvalue weighted by Gasteiger charge is -2.25. The summed E-state index contributed by atoms with van der Waals surface area (Å²) < 4.78 is 16.8. The maximum Gasteiger partial charge on any atom is 0.325 e. The Labute approximate surface area is 220 Å². The minimum Gasteiger partial charge on any atom is -0.496 e. The van der Waals surface area contributed by atoms with Crippen molar-refractivity contribution in [1.29, 1.82) is 0 Å². The van der Waals surface area contributed by atoms with Gasteiger partial charge in [-0.2, -0.15) is 0 Å². The third-order valence-electron chi connectivity index (χ3n) is 5.43. The van der Waals surface area contributed by atoms with Crippen molar-refractivity contribution in [3.63, 3.8) is 0 Å². The number of hydrogen-bond donors (Lipinski definition) is 0. The van der Waals surface area contributed by atoms with Gasteiger partial charge in [-0.25, -0.2) is 0 Å².